The van der Waals surface area contributed by atoms with E-state index < -0.39 is 45.0 Å². The first-order valence-corrected chi connectivity index (χ1v) is 12.1. The molecule has 31 heavy (non-hydrogen) atoms. The number of carbonyl (C=O) groups excluding carboxylic acids is 2. The van der Waals surface area contributed by atoms with Crippen molar-refractivity contribution in [3.8, 4) is 0 Å². The van der Waals surface area contributed by atoms with E-state index in [9.17, 15) is 27.9 Å². The van der Waals surface area contributed by atoms with Gasteiger partial charge in [0.25, 0.3) is 11.8 Å². The molecule has 0 radical (unpaired) electrons. The molecule has 0 bridgehead atoms. The van der Waals surface area contributed by atoms with Gasteiger partial charge in [0.1, 0.15) is 18.0 Å². The minimum absolute atomic E-state index is 0.0929. The molecule has 0 spiro atoms. The Bertz CT molecular complexity index is 1100. The number of β-lactam (4-membered cyclic amide) rings is 1. The smallest absolute Gasteiger partial charge is 0.356 e. The lowest BCUT2D eigenvalue weighted by Gasteiger charge is -2.48. The number of nitrogens with two attached hydrogens (primary N) is 1. The van der Waals surface area contributed by atoms with Crippen molar-refractivity contribution in [3.63, 3.8) is 0 Å². The Kier molecular flexibility index (Phi) is 6.37. The number of fused-ring (bicyclic) bond motifs is 1. The number of hydrogen-bond acceptors (Lipinski definition) is 13. The first-order chi connectivity index (χ1) is 14.5. The molecule has 0 saturated carbocycles. The number of thioether (sulfide) groups is 1. The molecule has 3 heterocycles. The van der Waals surface area contributed by atoms with Gasteiger partial charge in [-0.2, -0.15) is 17.8 Å². The Balaban J connectivity index is 1.82. The van der Waals surface area contributed by atoms with E-state index in [4.69, 9.17) is 14.8 Å². The number of carboxylic acid groups (broad SMARTS) is 1. The van der Waals surface area contributed by atoms with Gasteiger partial charge in [-0.05, 0) is 6.92 Å². The van der Waals surface area contributed by atoms with E-state index in [2.05, 4.69) is 19.8 Å². The molecule has 1 aromatic heterocycles. The minimum Gasteiger partial charge on any atom is -0.476 e. The molecule has 1 saturated heterocycles. The van der Waals surface area contributed by atoms with Gasteiger partial charge in [0, 0.05) is 11.5 Å². The number of carbonyl (C=O) groups is 3. The maximum Gasteiger partial charge on any atom is 0.356 e. The second-order valence-corrected chi connectivity index (χ2v) is 9.50. The van der Waals surface area contributed by atoms with Crippen LogP contribution < -0.4 is 11.1 Å². The second-order valence-electron chi connectivity index (χ2n) is 6.04. The number of rotatable bonds is 8. The summed E-state index contributed by atoms with van der Waals surface area (Å²) < 4.78 is 31.4. The van der Waals surface area contributed by atoms with Crippen molar-refractivity contribution in [2.45, 2.75) is 18.3 Å². The Labute approximate surface area is 183 Å². The zero-order valence-electron chi connectivity index (χ0n) is 16.0. The summed E-state index contributed by atoms with van der Waals surface area (Å²) >= 11 is 1.86. The number of anilines is 1. The van der Waals surface area contributed by atoms with Crippen LogP contribution in [0.4, 0.5) is 5.13 Å². The van der Waals surface area contributed by atoms with E-state index in [1.165, 1.54) is 0 Å². The summed E-state index contributed by atoms with van der Waals surface area (Å²) in [6, 6.07) is -1.10. The Hall–Kier alpha value is -2.92. The molecule has 168 valence electrons. The maximum atomic E-state index is 12.7. The number of nitrogen functional groups attached to an aromatic ring is 1. The fourth-order valence-corrected chi connectivity index (χ4v) is 4.96. The lowest BCUT2D eigenvalue weighted by molar-refractivity contribution is -0.150. The standard InChI is InChI=1S/C14H16N6O8S3/c1-3-27-18-6(9-17-14(15)30-19-9)10(21)16-7-11(22)20-8(13(23)24)5(4-29-12(7)20)28-31(2,25)26/h7,12H,3-4H2,1-2H3,(H,16,21)(H,23,24)(H2,15,17,19)/t7?,12-/m0/s1. The highest BCUT2D eigenvalue weighted by Gasteiger charge is 2.55. The first kappa shape index (κ1) is 22.8. The highest BCUT2D eigenvalue weighted by Crippen LogP contribution is 2.40. The highest BCUT2D eigenvalue weighted by molar-refractivity contribution is 8.00. The molecule has 2 atom stereocenters. The normalized spacial score (nSPS) is 21.3. The third-order valence-electron chi connectivity index (χ3n) is 3.83. The van der Waals surface area contributed by atoms with E-state index in [0.717, 1.165) is 34.5 Å². The van der Waals surface area contributed by atoms with Crippen LogP contribution in [-0.2, 0) is 33.5 Å². The average molecular weight is 493 g/mol. The second kappa shape index (κ2) is 8.67. The summed E-state index contributed by atoms with van der Waals surface area (Å²) in [6.45, 7) is 1.80. The van der Waals surface area contributed by atoms with Gasteiger partial charge in [0.15, 0.2) is 16.6 Å². The van der Waals surface area contributed by atoms with Gasteiger partial charge in [-0.25, -0.2) is 4.79 Å². The summed E-state index contributed by atoms with van der Waals surface area (Å²) in [5, 5.41) is 14.9. The molecule has 2 aliphatic rings. The predicted octanol–water partition coefficient (Wildman–Crippen LogP) is -1.47. The van der Waals surface area contributed by atoms with Crippen LogP contribution in [0.5, 0.6) is 0 Å². The molecule has 17 heteroatoms. The van der Waals surface area contributed by atoms with Gasteiger partial charge in [0.2, 0.25) is 11.5 Å². The summed E-state index contributed by atoms with van der Waals surface area (Å²) in [4.78, 5) is 46.6. The van der Waals surface area contributed by atoms with Crippen molar-refractivity contribution in [2.24, 2.45) is 5.16 Å². The van der Waals surface area contributed by atoms with Crippen LogP contribution in [0.1, 0.15) is 12.7 Å². The lowest BCUT2D eigenvalue weighted by Crippen LogP contribution is -2.71. The molecular weight excluding hydrogens is 476 g/mol. The van der Waals surface area contributed by atoms with Gasteiger partial charge in [-0.3, -0.25) is 14.5 Å². The van der Waals surface area contributed by atoms with Crippen LogP contribution in [0.2, 0.25) is 0 Å². The van der Waals surface area contributed by atoms with Crippen LogP contribution in [0.15, 0.2) is 16.6 Å². The van der Waals surface area contributed by atoms with Crippen LogP contribution in [0.25, 0.3) is 0 Å². The third kappa shape index (κ3) is 4.72. The van der Waals surface area contributed by atoms with E-state index in [0.29, 0.717) is 0 Å². The van der Waals surface area contributed by atoms with Crippen molar-refractivity contribution in [3.05, 3.63) is 17.3 Å². The number of oxime groups is 1. The van der Waals surface area contributed by atoms with Gasteiger partial charge >= 0.3 is 16.1 Å². The van der Waals surface area contributed by atoms with Gasteiger partial charge in [0.05, 0.1) is 12.0 Å². The SMILES string of the molecule is CCON=C(C(=O)NC1C(=O)N2C(C(=O)O)=C(OS(C)(=O)=O)CS[C@@H]12)c1nsc(N)n1. The zero-order chi connectivity index (χ0) is 22.9. The van der Waals surface area contributed by atoms with Crippen LogP contribution >= 0.6 is 23.3 Å². The Morgan fingerprint density at radius 3 is 2.71 bits per heavy atom. The van der Waals surface area contributed by atoms with Crippen LogP contribution in [0, 0.1) is 0 Å². The van der Waals surface area contributed by atoms with Crippen molar-refractivity contribution >= 4 is 62.0 Å². The van der Waals surface area contributed by atoms with Crippen molar-refractivity contribution in [1.82, 2.24) is 19.6 Å². The molecule has 2 aliphatic heterocycles. The van der Waals surface area contributed by atoms with Gasteiger partial charge in [-0.15, -0.1) is 11.8 Å². The molecule has 0 aliphatic carbocycles. The molecule has 1 unspecified atom stereocenters. The molecule has 1 fully saturated rings. The van der Waals surface area contributed by atoms with E-state index in [1.54, 1.807) is 6.92 Å². The van der Waals surface area contributed by atoms with E-state index >= 15 is 0 Å². The monoisotopic (exact) mass is 492 g/mol. The number of nitrogens with zero attached hydrogens (tertiary/aromatic N) is 4. The summed E-state index contributed by atoms with van der Waals surface area (Å²) in [5.74, 6) is -3.75. The summed E-state index contributed by atoms with van der Waals surface area (Å²) in [5.41, 5.74) is 4.63. The molecule has 4 N–H and O–H groups in total. The highest BCUT2D eigenvalue weighted by atomic mass is 32.2. The topological polar surface area (TPSA) is 203 Å². The molecule has 14 nitrogen and oxygen atoms in total. The fourth-order valence-electron chi connectivity index (χ4n) is 2.69. The number of carboxylic acids is 1. The fraction of sp³-hybridized carbons (Fsp3) is 0.429. The van der Waals surface area contributed by atoms with Crippen molar-refractivity contribution < 1.29 is 36.9 Å². The summed E-state index contributed by atoms with van der Waals surface area (Å²) in [6.07, 6.45) is 0.760. The van der Waals surface area contributed by atoms with E-state index in [1.807, 2.05) is 0 Å². The van der Waals surface area contributed by atoms with Crippen molar-refractivity contribution in [2.75, 3.05) is 24.3 Å². The maximum absolute atomic E-state index is 12.7. The number of aliphatic carboxylic acids is 1. The number of nitrogens with one attached hydrogen (secondary N) is 1. The largest absolute Gasteiger partial charge is 0.476 e. The summed E-state index contributed by atoms with van der Waals surface area (Å²) in [7, 11) is -4.00. The number of hydrogen-bond donors (Lipinski definition) is 3. The molecule has 1 aromatic rings. The molecule has 2 amide bonds. The predicted molar refractivity (Wildman–Crippen MR) is 108 cm³/mol. The first-order valence-electron chi connectivity index (χ1n) is 8.44. The average Bonchev–Trinajstić information content (AvgIpc) is 3.10. The molecule has 0 aromatic carbocycles. The van der Waals surface area contributed by atoms with Gasteiger partial charge in [-0.1, -0.05) is 5.16 Å². The minimum atomic E-state index is -4.00. The number of aromatic nitrogens is 2. The quantitative estimate of drug-likeness (QED) is 0.165. The Morgan fingerprint density at radius 2 is 2.16 bits per heavy atom. The number of amides is 2. The van der Waals surface area contributed by atoms with E-state index in [-0.39, 0.29) is 34.8 Å². The van der Waals surface area contributed by atoms with Crippen LogP contribution in [0.3, 0.4) is 0 Å². The third-order valence-corrected chi connectivity index (χ3v) is 6.13. The zero-order valence-corrected chi connectivity index (χ0v) is 18.4. The molecule has 3 rings (SSSR count). The Morgan fingerprint density at radius 1 is 1.45 bits per heavy atom. The van der Waals surface area contributed by atoms with Crippen molar-refractivity contribution in [1.29, 1.82) is 0 Å². The lowest BCUT2D eigenvalue weighted by atomic mass is 10.0. The molecular formula is C14H16N6O8S3. The van der Waals surface area contributed by atoms with Gasteiger partial charge < -0.3 is 25.2 Å². The van der Waals surface area contributed by atoms with Crippen LogP contribution in [-0.4, -0.2) is 81.3 Å².